The fourth-order valence-electron chi connectivity index (χ4n) is 2.88. The van der Waals surface area contributed by atoms with Crippen LogP contribution in [0.3, 0.4) is 0 Å². The predicted octanol–water partition coefficient (Wildman–Crippen LogP) is 2.58. The number of carbonyl (C=O) groups is 2. The van der Waals surface area contributed by atoms with Gasteiger partial charge in [0.2, 0.25) is 5.91 Å². The molecule has 0 aromatic heterocycles. The Hall–Kier alpha value is -2.93. The number of amides is 2. The molecule has 0 spiro atoms. The molecule has 136 valence electrons. The fourth-order valence-corrected chi connectivity index (χ4v) is 2.88. The maximum Gasteiger partial charge on any atom is 0.414 e. The van der Waals surface area contributed by atoms with Crippen molar-refractivity contribution >= 4 is 17.7 Å². The van der Waals surface area contributed by atoms with E-state index < -0.39 is 23.9 Å². The zero-order valence-corrected chi connectivity index (χ0v) is 14.0. The summed E-state index contributed by atoms with van der Waals surface area (Å²) >= 11 is 0. The van der Waals surface area contributed by atoms with Crippen molar-refractivity contribution in [3.05, 3.63) is 53.8 Å². The number of anilines is 1. The molecule has 1 fully saturated rings. The van der Waals surface area contributed by atoms with Crippen LogP contribution in [0.25, 0.3) is 11.1 Å². The van der Waals surface area contributed by atoms with Crippen LogP contribution in [0, 0.1) is 5.82 Å². The molecule has 2 amide bonds. The zero-order chi connectivity index (χ0) is 18.7. The summed E-state index contributed by atoms with van der Waals surface area (Å²) < 4.78 is 19.8. The summed E-state index contributed by atoms with van der Waals surface area (Å²) in [5, 5.41) is 9.08. The van der Waals surface area contributed by atoms with E-state index in [0.29, 0.717) is 23.2 Å². The number of primary amides is 1. The van der Waals surface area contributed by atoms with E-state index in [4.69, 9.17) is 15.6 Å². The molecule has 0 aliphatic carbocycles. The molecule has 6 nitrogen and oxygen atoms in total. The normalized spacial score (nSPS) is 16.6. The van der Waals surface area contributed by atoms with Crippen molar-refractivity contribution in [2.24, 2.45) is 5.73 Å². The van der Waals surface area contributed by atoms with E-state index in [-0.39, 0.29) is 19.6 Å². The second-order valence-corrected chi connectivity index (χ2v) is 6.14. The Morgan fingerprint density at radius 1 is 1.27 bits per heavy atom. The van der Waals surface area contributed by atoms with Gasteiger partial charge in [-0.1, -0.05) is 24.3 Å². The van der Waals surface area contributed by atoms with E-state index in [0.717, 1.165) is 5.56 Å². The number of nitrogens with two attached hydrogens (primary N) is 1. The Morgan fingerprint density at radius 2 is 2.00 bits per heavy atom. The summed E-state index contributed by atoms with van der Waals surface area (Å²) in [5.41, 5.74) is 7.32. The van der Waals surface area contributed by atoms with Crippen LogP contribution in [-0.4, -0.2) is 29.8 Å². The van der Waals surface area contributed by atoms with Gasteiger partial charge in [-0.15, -0.1) is 0 Å². The van der Waals surface area contributed by atoms with Gasteiger partial charge in [0, 0.05) is 12.0 Å². The molecule has 1 aliphatic heterocycles. The highest BCUT2D eigenvalue weighted by Crippen LogP contribution is 2.29. The predicted molar refractivity (Wildman–Crippen MR) is 93.8 cm³/mol. The highest BCUT2D eigenvalue weighted by atomic mass is 19.1. The number of nitrogens with zero attached hydrogens (tertiary/aromatic N) is 1. The number of cyclic esters (lactones) is 1. The first kappa shape index (κ1) is 17.9. The summed E-state index contributed by atoms with van der Waals surface area (Å²) in [6.07, 6.45) is -0.541. The van der Waals surface area contributed by atoms with Crippen LogP contribution >= 0.6 is 0 Å². The SMILES string of the molecule is NC(=O)CCC1CN(c2ccc(-c3ccc(CO)cc3)c(F)c2)C(=O)O1. The van der Waals surface area contributed by atoms with E-state index in [9.17, 15) is 14.0 Å². The summed E-state index contributed by atoms with van der Waals surface area (Å²) in [7, 11) is 0. The molecule has 1 aliphatic rings. The first-order chi connectivity index (χ1) is 12.5. The first-order valence-corrected chi connectivity index (χ1v) is 8.24. The number of hydrogen-bond donors (Lipinski definition) is 2. The second kappa shape index (κ2) is 7.53. The third-order valence-electron chi connectivity index (χ3n) is 4.30. The minimum Gasteiger partial charge on any atom is -0.444 e. The molecule has 7 heteroatoms. The lowest BCUT2D eigenvalue weighted by atomic mass is 10.0. The number of carbonyl (C=O) groups excluding carboxylic acids is 2. The number of aliphatic hydroxyl groups excluding tert-OH is 1. The molecule has 1 saturated heterocycles. The molecule has 3 rings (SSSR count). The van der Waals surface area contributed by atoms with Gasteiger partial charge in [-0.2, -0.15) is 0 Å². The lowest BCUT2D eigenvalue weighted by Gasteiger charge is -2.14. The Labute approximate surface area is 150 Å². The van der Waals surface area contributed by atoms with Crippen LogP contribution in [0.4, 0.5) is 14.9 Å². The number of rotatable bonds is 6. The molecule has 1 heterocycles. The molecule has 0 bridgehead atoms. The smallest absolute Gasteiger partial charge is 0.414 e. The summed E-state index contributed by atoms with van der Waals surface area (Å²) in [6, 6.07) is 11.4. The van der Waals surface area contributed by atoms with Gasteiger partial charge in [-0.05, 0) is 35.7 Å². The lowest BCUT2D eigenvalue weighted by Crippen LogP contribution is -2.25. The van der Waals surface area contributed by atoms with Gasteiger partial charge >= 0.3 is 6.09 Å². The molecule has 26 heavy (non-hydrogen) atoms. The maximum absolute atomic E-state index is 14.6. The average Bonchev–Trinajstić information content (AvgIpc) is 3.01. The van der Waals surface area contributed by atoms with E-state index in [2.05, 4.69) is 0 Å². The van der Waals surface area contributed by atoms with E-state index >= 15 is 0 Å². The Bertz CT molecular complexity index is 823. The van der Waals surface area contributed by atoms with Crippen LogP contribution < -0.4 is 10.6 Å². The van der Waals surface area contributed by atoms with Crippen molar-refractivity contribution < 1.29 is 23.8 Å². The van der Waals surface area contributed by atoms with Gasteiger partial charge in [0.25, 0.3) is 0 Å². The highest BCUT2D eigenvalue weighted by Gasteiger charge is 2.32. The van der Waals surface area contributed by atoms with Gasteiger partial charge < -0.3 is 15.6 Å². The zero-order valence-electron chi connectivity index (χ0n) is 14.0. The number of ether oxygens (including phenoxy) is 1. The molecule has 1 unspecified atom stereocenters. The number of benzene rings is 2. The van der Waals surface area contributed by atoms with Crippen molar-refractivity contribution in [2.45, 2.75) is 25.6 Å². The minimum atomic E-state index is -0.570. The number of halogens is 1. The number of aliphatic hydroxyl groups is 1. The topological polar surface area (TPSA) is 92.9 Å². The van der Waals surface area contributed by atoms with Gasteiger partial charge in [0.05, 0.1) is 18.8 Å². The van der Waals surface area contributed by atoms with Crippen LogP contribution in [0.15, 0.2) is 42.5 Å². The van der Waals surface area contributed by atoms with Crippen molar-refractivity contribution in [1.29, 1.82) is 0 Å². The molecule has 0 radical (unpaired) electrons. The quantitative estimate of drug-likeness (QED) is 0.830. The summed E-state index contributed by atoms with van der Waals surface area (Å²) in [6.45, 7) is 0.172. The third kappa shape index (κ3) is 3.83. The fraction of sp³-hybridized carbons (Fsp3) is 0.263. The molecule has 0 saturated carbocycles. The largest absolute Gasteiger partial charge is 0.444 e. The van der Waals surface area contributed by atoms with E-state index in [1.165, 1.54) is 11.0 Å². The minimum absolute atomic E-state index is 0.0737. The first-order valence-electron chi connectivity index (χ1n) is 8.24. The van der Waals surface area contributed by atoms with E-state index in [1.54, 1.807) is 36.4 Å². The van der Waals surface area contributed by atoms with Crippen molar-refractivity contribution in [2.75, 3.05) is 11.4 Å². The summed E-state index contributed by atoms with van der Waals surface area (Å²) in [5.74, 6) is -0.922. The lowest BCUT2D eigenvalue weighted by molar-refractivity contribution is -0.118. The molecular weight excluding hydrogens is 339 g/mol. The maximum atomic E-state index is 14.6. The van der Waals surface area contributed by atoms with Crippen molar-refractivity contribution in [1.82, 2.24) is 0 Å². The van der Waals surface area contributed by atoms with Gasteiger partial charge in [-0.3, -0.25) is 9.69 Å². The third-order valence-corrected chi connectivity index (χ3v) is 4.30. The van der Waals surface area contributed by atoms with Gasteiger partial charge in [0.1, 0.15) is 11.9 Å². The van der Waals surface area contributed by atoms with E-state index in [1.807, 2.05) is 0 Å². The molecular formula is C19H19FN2O4. The average molecular weight is 358 g/mol. The standard InChI is InChI=1S/C19H19FN2O4/c20-17-9-14(22-10-15(26-19(22)25)6-8-18(21)24)5-7-16(17)13-3-1-12(11-23)2-4-13/h1-5,7,9,15,23H,6,8,10-11H2,(H2,21,24). The van der Waals surface area contributed by atoms with Crippen LogP contribution in [0.1, 0.15) is 18.4 Å². The van der Waals surface area contributed by atoms with Crippen LogP contribution in [0.5, 0.6) is 0 Å². The van der Waals surface area contributed by atoms with Crippen LogP contribution in [-0.2, 0) is 16.1 Å². The summed E-state index contributed by atoms with van der Waals surface area (Å²) in [4.78, 5) is 24.2. The van der Waals surface area contributed by atoms with Gasteiger partial charge in [0.15, 0.2) is 0 Å². The monoisotopic (exact) mass is 358 g/mol. The Kier molecular flexibility index (Phi) is 5.18. The highest BCUT2D eigenvalue weighted by molar-refractivity contribution is 5.90. The number of hydrogen-bond acceptors (Lipinski definition) is 4. The Morgan fingerprint density at radius 3 is 2.62 bits per heavy atom. The molecule has 1 atom stereocenters. The Balaban J connectivity index is 1.76. The molecule has 2 aromatic carbocycles. The van der Waals surface area contributed by atoms with Crippen LogP contribution in [0.2, 0.25) is 0 Å². The van der Waals surface area contributed by atoms with Gasteiger partial charge in [-0.25, -0.2) is 9.18 Å². The van der Waals surface area contributed by atoms with Crippen molar-refractivity contribution in [3.63, 3.8) is 0 Å². The molecule has 2 aromatic rings. The van der Waals surface area contributed by atoms with Crippen molar-refractivity contribution in [3.8, 4) is 11.1 Å². The second-order valence-electron chi connectivity index (χ2n) is 6.14. The molecule has 3 N–H and O–H groups in total.